The Balaban J connectivity index is 1.91. The van der Waals surface area contributed by atoms with Crippen LogP contribution < -0.4 is 0 Å². The maximum absolute atomic E-state index is 12.7. The van der Waals surface area contributed by atoms with Crippen molar-refractivity contribution in [1.29, 1.82) is 5.26 Å². The van der Waals surface area contributed by atoms with E-state index in [9.17, 15) is 14.9 Å². The summed E-state index contributed by atoms with van der Waals surface area (Å²) in [5.41, 5.74) is -0.849. The Morgan fingerprint density at radius 1 is 1.05 bits per heavy atom. The molecule has 0 aromatic rings. The zero-order valence-electron chi connectivity index (χ0n) is 12.1. The van der Waals surface area contributed by atoms with Crippen LogP contribution in [-0.2, 0) is 9.59 Å². The number of hydrogen-bond acceptors (Lipinski definition) is 3. The highest BCUT2D eigenvalue weighted by atomic mass is 16.2. The molecule has 1 aliphatic heterocycles. The van der Waals surface area contributed by atoms with Crippen LogP contribution in [0.15, 0.2) is 0 Å². The second kappa shape index (κ2) is 4.87. The van der Waals surface area contributed by atoms with Gasteiger partial charge in [-0.25, -0.2) is 0 Å². The van der Waals surface area contributed by atoms with E-state index in [0.29, 0.717) is 18.8 Å². The van der Waals surface area contributed by atoms with Crippen molar-refractivity contribution in [1.82, 2.24) is 4.90 Å². The number of nitriles is 1. The lowest BCUT2D eigenvalue weighted by Gasteiger charge is -2.34. The number of rotatable bonds is 1. The summed E-state index contributed by atoms with van der Waals surface area (Å²) in [5.74, 6) is 0.0322. The molecule has 3 rings (SSSR count). The molecular formula is C16H22N2O2. The summed E-state index contributed by atoms with van der Waals surface area (Å²) in [7, 11) is 0. The molecule has 4 nitrogen and oxygen atoms in total. The number of amides is 2. The molecule has 0 bridgehead atoms. The average Bonchev–Trinajstić information content (AvgIpc) is 2.80. The molecule has 108 valence electrons. The Morgan fingerprint density at radius 3 is 2.00 bits per heavy atom. The molecular weight excluding hydrogens is 252 g/mol. The van der Waals surface area contributed by atoms with Crippen molar-refractivity contribution < 1.29 is 9.59 Å². The lowest BCUT2D eigenvalue weighted by Crippen LogP contribution is -2.51. The van der Waals surface area contributed by atoms with Gasteiger partial charge in [0, 0.05) is 0 Å². The van der Waals surface area contributed by atoms with Crippen LogP contribution in [0.4, 0.5) is 0 Å². The Hall–Kier alpha value is -1.37. The minimum absolute atomic E-state index is 0.0622. The quantitative estimate of drug-likeness (QED) is 0.545. The number of fused-ring (bicyclic) bond motifs is 1. The van der Waals surface area contributed by atoms with Crippen LogP contribution in [0.3, 0.4) is 0 Å². The van der Waals surface area contributed by atoms with Crippen molar-refractivity contribution in [2.75, 3.05) is 0 Å². The third-order valence-corrected chi connectivity index (χ3v) is 5.44. The zero-order chi connectivity index (χ0) is 14.3. The summed E-state index contributed by atoms with van der Waals surface area (Å²) in [6, 6.07) is 2.34. The number of carbonyl (C=O) groups excluding carboxylic acids is 2. The molecule has 0 aromatic heterocycles. The molecule has 2 unspecified atom stereocenters. The Kier molecular flexibility index (Phi) is 3.32. The molecule has 0 aromatic carbocycles. The third-order valence-electron chi connectivity index (χ3n) is 5.44. The first-order valence-corrected chi connectivity index (χ1v) is 7.88. The topological polar surface area (TPSA) is 61.2 Å². The fraction of sp³-hybridized carbons (Fsp3) is 0.812. The number of hydrogen-bond donors (Lipinski definition) is 0. The van der Waals surface area contributed by atoms with Gasteiger partial charge in [-0.3, -0.25) is 14.5 Å². The molecule has 20 heavy (non-hydrogen) atoms. The molecule has 1 heterocycles. The molecule has 0 spiro atoms. The van der Waals surface area contributed by atoms with E-state index in [1.165, 1.54) is 4.90 Å². The van der Waals surface area contributed by atoms with Gasteiger partial charge in [-0.15, -0.1) is 0 Å². The standard InChI is InChI=1S/C16H22N2O2/c1-11-8-12-13(9-11)15(20)18(14(12)19)16(10-17)6-4-2-3-5-7-16/h11-13H,2-9H2,1H3. The largest absolute Gasteiger partial charge is 0.274 e. The smallest absolute Gasteiger partial charge is 0.234 e. The van der Waals surface area contributed by atoms with Gasteiger partial charge in [0.05, 0.1) is 17.9 Å². The second-order valence-corrected chi connectivity index (χ2v) is 6.86. The fourth-order valence-electron chi connectivity index (χ4n) is 4.40. The van der Waals surface area contributed by atoms with Crippen LogP contribution in [0.1, 0.15) is 58.3 Å². The lowest BCUT2D eigenvalue weighted by atomic mass is 9.89. The van der Waals surface area contributed by atoms with E-state index in [0.717, 1.165) is 38.5 Å². The molecule has 3 fully saturated rings. The summed E-state index contributed by atoms with van der Waals surface area (Å²) in [4.78, 5) is 26.7. The molecule has 1 saturated heterocycles. The van der Waals surface area contributed by atoms with Gasteiger partial charge in [0.1, 0.15) is 5.54 Å². The third kappa shape index (κ3) is 1.87. The van der Waals surface area contributed by atoms with Gasteiger partial charge in [-0.1, -0.05) is 32.6 Å². The van der Waals surface area contributed by atoms with Crippen LogP contribution in [0, 0.1) is 29.1 Å². The Morgan fingerprint density at radius 2 is 1.55 bits per heavy atom. The van der Waals surface area contributed by atoms with Gasteiger partial charge in [0.2, 0.25) is 11.8 Å². The highest BCUT2D eigenvalue weighted by Gasteiger charge is 2.57. The summed E-state index contributed by atoms with van der Waals surface area (Å²) in [5, 5.41) is 9.68. The van der Waals surface area contributed by atoms with Crippen molar-refractivity contribution in [2.24, 2.45) is 17.8 Å². The van der Waals surface area contributed by atoms with E-state index in [2.05, 4.69) is 13.0 Å². The van der Waals surface area contributed by atoms with Crippen molar-refractivity contribution in [3.05, 3.63) is 0 Å². The molecule has 2 amide bonds. The molecule has 3 aliphatic rings. The summed E-state index contributed by atoms with van der Waals surface area (Å²) >= 11 is 0. The van der Waals surface area contributed by atoms with Gasteiger partial charge in [0.15, 0.2) is 0 Å². The number of nitrogens with zero attached hydrogens (tertiary/aromatic N) is 2. The summed E-state index contributed by atoms with van der Waals surface area (Å²) in [6.07, 6.45) is 7.03. The van der Waals surface area contributed by atoms with Crippen molar-refractivity contribution in [3.8, 4) is 6.07 Å². The van der Waals surface area contributed by atoms with E-state index in [-0.39, 0.29) is 23.7 Å². The van der Waals surface area contributed by atoms with Crippen LogP contribution in [0.2, 0.25) is 0 Å². The minimum Gasteiger partial charge on any atom is -0.274 e. The first kappa shape index (κ1) is 13.6. The normalized spacial score (nSPS) is 36.6. The molecule has 0 radical (unpaired) electrons. The maximum atomic E-state index is 12.7. The predicted octanol–water partition coefficient (Wildman–Crippen LogP) is 2.63. The van der Waals surface area contributed by atoms with Crippen molar-refractivity contribution in [3.63, 3.8) is 0 Å². The predicted molar refractivity (Wildman–Crippen MR) is 73.3 cm³/mol. The van der Waals surface area contributed by atoms with E-state index in [1.807, 2.05) is 0 Å². The monoisotopic (exact) mass is 274 g/mol. The number of imide groups is 1. The first-order chi connectivity index (χ1) is 9.59. The first-order valence-electron chi connectivity index (χ1n) is 7.88. The zero-order valence-corrected chi connectivity index (χ0v) is 12.1. The van der Waals surface area contributed by atoms with E-state index in [4.69, 9.17) is 0 Å². The van der Waals surface area contributed by atoms with Crippen LogP contribution in [0.25, 0.3) is 0 Å². The highest BCUT2D eigenvalue weighted by Crippen LogP contribution is 2.47. The van der Waals surface area contributed by atoms with Crippen LogP contribution >= 0.6 is 0 Å². The molecule has 2 atom stereocenters. The Bertz CT molecular complexity index is 447. The van der Waals surface area contributed by atoms with Crippen molar-refractivity contribution >= 4 is 11.8 Å². The van der Waals surface area contributed by atoms with Crippen LogP contribution in [-0.4, -0.2) is 22.3 Å². The van der Waals surface area contributed by atoms with E-state index < -0.39 is 5.54 Å². The lowest BCUT2D eigenvalue weighted by molar-refractivity contribution is -0.146. The molecule has 2 saturated carbocycles. The van der Waals surface area contributed by atoms with E-state index >= 15 is 0 Å². The van der Waals surface area contributed by atoms with E-state index in [1.54, 1.807) is 0 Å². The highest BCUT2D eigenvalue weighted by molar-refractivity contribution is 6.06. The van der Waals surface area contributed by atoms with Gasteiger partial charge in [0.25, 0.3) is 0 Å². The maximum Gasteiger partial charge on any atom is 0.234 e. The Labute approximate surface area is 120 Å². The fourth-order valence-corrected chi connectivity index (χ4v) is 4.40. The van der Waals surface area contributed by atoms with Gasteiger partial charge in [-0.05, 0) is 31.6 Å². The molecule has 2 aliphatic carbocycles. The average molecular weight is 274 g/mol. The molecule has 0 N–H and O–H groups in total. The number of likely N-dealkylation sites (tertiary alicyclic amines) is 1. The minimum atomic E-state index is -0.849. The summed E-state index contributed by atoms with van der Waals surface area (Å²) in [6.45, 7) is 2.11. The molecule has 4 heteroatoms. The van der Waals surface area contributed by atoms with Gasteiger partial charge >= 0.3 is 0 Å². The van der Waals surface area contributed by atoms with Gasteiger partial charge in [-0.2, -0.15) is 5.26 Å². The second-order valence-electron chi connectivity index (χ2n) is 6.86. The number of carbonyl (C=O) groups is 2. The summed E-state index contributed by atoms with van der Waals surface area (Å²) < 4.78 is 0. The van der Waals surface area contributed by atoms with Crippen LogP contribution in [0.5, 0.6) is 0 Å². The van der Waals surface area contributed by atoms with Gasteiger partial charge < -0.3 is 0 Å². The van der Waals surface area contributed by atoms with Crippen molar-refractivity contribution in [2.45, 2.75) is 63.8 Å². The SMILES string of the molecule is CC1CC2C(=O)N(C3(C#N)CCCCCC3)C(=O)C2C1.